The third-order valence-corrected chi connectivity index (χ3v) is 3.08. The van der Waals surface area contributed by atoms with E-state index in [0.29, 0.717) is 22.6 Å². The molecule has 0 aliphatic carbocycles. The maximum absolute atomic E-state index is 12.2. The van der Waals surface area contributed by atoms with Crippen molar-refractivity contribution in [2.75, 3.05) is 14.2 Å². The smallest absolute Gasteiger partial charge is 0.255 e. The molecule has 0 spiro atoms. The van der Waals surface area contributed by atoms with Crippen molar-refractivity contribution in [2.24, 2.45) is 0 Å². The Hall–Kier alpha value is -2.69. The highest BCUT2D eigenvalue weighted by Gasteiger charge is 2.13. The van der Waals surface area contributed by atoms with E-state index in [4.69, 9.17) is 9.47 Å². The highest BCUT2D eigenvalue weighted by molar-refractivity contribution is 5.97. The predicted octanol–water partition coefficient (Wildman–Crippen LogP) is 2.34. The van der Waals surface area contributed by atoms with E-state index in [-0.39, 0.29) is 18.2 Å². The van der Waals surface area contributed by atoms with Gasteiger partial charge in [-0.2, -0.15) is 0 Å². The number of methoxy groups -OCH3 is 2. The standard InChI is InChI=1S/C16H17NO4/c1-20-12-7-8-15(21-2)13(9-12)16(19)17-10-11-5-3-4-6-14(11)18/h3-9,18H,10H2,1-2H3,(H,17,19). The number of para-hydroxylation sites is 1. The summed E-state index contributed by atoms with van der Waals surface area (Å²) in [7, 11) is 3.03. The lowest BCUT2D eigenvalue weighted by atomic mass is 10.1. The van der Waals surface area contributed by atoms with Gasteiger partial charge in [0.15, 0.2) is 0 Å². The van der Waals surface area contributed by atoms with Gasteiger partial charge in [0.1, 0.15) is 17.2 Å². The van der Waals surface area contributed by atoms with E-state index < -0.39 is 0 Å². The molecule has 0 fully saturated rings. The Morgan fingerprint density at radius 3 is 2.57 bits per heavy atom. The van der Waals surface area contributed by atoms with Gasteiger partial charge in [-0.05, 0) is 24.3 Å². The fourth-order valence-corrected chi connectivity index (χ4v) is 1.92. The van der Waals surface area contributed by atoms with Gasteiger partial charge in [-0.25, -0.2) is 0 Å². The monoisotopic (exact) mass is 287 g/mol. The third-order valence-electron chi connectivity index (χ3n) is 3.08. The Balaban J connectivity index is 2.15. The van der Waals surface area contributed by atoms with Crippen LogP contribution in [-0.4, -0.2) is 25.2 Å². The summed E-state index contributed by atoms with van der Waals surface area (Å²) in [6.07, 6.45) is 0. The Morgan fingerprint density at radius 2 is 1.90 bits per heavy atom. The predicted molar refractivity (Wildman–Crippen MR) is 78.8 cm³/mol. The minimum absolute atomic E-state index is 0.149. The molecule has 0 heterocycles. The van der Waals surface area contributed by atoms with Crippen LogP contribution in [0, 0.1) is 0 Å². The van der Waals surface area contributed by atoms with Crippen molar-refractivity contribution in [1.29, 1.82) is 0 Å². The second-order valence-electron chi connectivity index (χ2n) is 4.38. The minimum atomic E-state index is -0.297. The molecular formula is C16H17NO4. The fourth-order valence-electron chi connectivity index (χ4n) is 1.92. The lowest BCUT2D eigenvalue weighted by Crippen LogP contribution is -2.23. The van der Waals surface area contributed by atoms with Crippen molar-refractivity contribution < 1.29 is 19.4 Å². The van der Waals surface area contributed by atoms with Crippen LogP contribution in [0.5, 0.6) is 17.2 Å². The highest BCUT2D eigenvalue weighted by Crippen LogP contribution is 2.24. The molecule has 0 radical (unpaired) electrons. The van der Waals surface area contributed by atoms with Crippen molar-refractivity contribution in [3.05, 3.63) is 53.6 Å². The van der Waals surface area contributed by atoms with Gasteiger partial charge in [-0.3, -0.25) is 4.79 Å². The molecule has 2 aromatic carbocycles. The number of phenolic OH excluding ortho intramolecular Hbond substituents is 1. The number of hydrogen-bond acceptors (Lipinski definition) is 4. The molecule has 110 valence electrons. The number of rotatable bonds is 5. The van der Waals surface area contributed by atoms with Crippen LogP contribution in [0.4, 0.5) is 0 Å². The normalized spacial score (nSPS) is 10.0. The number of phenols is 1. The quantitative estimate of drug-likeness (QED) is 0.885. The largest absolute Gasteiger partial charge is 0.508 e. The van der Waals surface area contributed by atoms with Crippen LogP contribution >= 0.6 is 0 Å². The zero-order valence-corrected chi connectivity index (χ0v) is 11.9. The minimum Gasteiger partial charge on any atom is -0.508 e. The molecule has 5 heteroatoms. The second kappa shape index (κ2) is 6.65. The Bertz CT molecular complexity index is 640. The van der Waals surface area contributed by atoms with Crippen molar-refractivity contribution in [3.63, 3.8) is 0 Å². The molecule has 0 aliphatic rings. The average molecular weight is 287 g/mol. The number of amides is 1. The summed E-state index contributed by atoms with van der Waals surface area (Å²) >= 11 is 0. The first-order chi connectivity index (χ1) is 10.2. The van der Waals surface area contributed by atoms with Gasteiger partial charge >= 0.3 is 0 Å². The molecule has 2 aromatic rings. The molecule has 2 rings (SSSR count). The summed E-state index contributed by atoms with van der Waals surface area (Å²) in [4.78, 5) is 12.2. The zero-order chi connectivity index (χ0) is 15.2. The summed E-state index contributed by atoms with van der Waals surface area (Å²) < 4.78 is 10.3. The summed E-state index contributed by atoms with van der Waals surface area (Å²) in [5.41, 5.74) is 1.03. The van der Waals surface area contributed by atoms with Crippen LogP contribution in [0.2, 0.25) is 0 Å². The number of nitrogens with one attached hydrogen (secondary N) is 1. The van der Waals surface area contributed by atoms with Gasteiger partial charge in [-0.1, -0.05) is 18.2 Å². The van der Waals surface area contributed by atoms with E-state index >= 15 is 0 Å². The SMILES string of the molecule is COc1ccc(OC)c(C(=O)NCc2ccccc2O)c1. The third kappa shape index (κ3) is 3.45. The van der Waals surface area contributed by atoms with Crippen LogP contribution < -0.4 is 14.8 Å². The maximum atomic E-state index is 12.2. The molecule has 1 amide bonds. The van der Waals surface area contributed by atoms with E-state index in [0.717, 1.165) is 0 Å². The number of ether oxygens (including phenoxy) is 2. The molecule has 0 saturated heterocycles. The lowest BCUT2D eigenvalue weighted by Gasteiger charge is -2.11. The van der Waals surface area contributed by atoms with E-state index in [9.17, 15) is 9.90 Å². The topological polar surface area (TPSA) is 67.8 Å². The van der Waals surface area contributed by atoms with Gasteiger partial charge in [0.05, 0.1) is 19.8 Å². The molecule has 0 aromatic heterocycles. The van der Waals surface area contributed by atoms with Gasteiger partial charge in [0.2, 0.25) is 0 Å². The Morgan fingerprint density at radius 1 is 1.14 bits per heavy atom. The Labute approximate surface area is 123 Å². The summed E-state index contributed by atoms with van der Waals surface area (Å²) in [5.74, 6) is 0.888. The fraction of sp³-hybridized carbons (Fsp3) is 0.188. The molecule has 2 N–H and O–H groups in total. The zero-order valence-electron chi connectivity index (χ0n) is 11.9. The molecule has 0 aliphatic heterocycles. The van der Waals surface area contributed by atoms with E-state index in [1.54, 1.807) is 42.5 Å². The molecule has 0 unspecified atom stereocenters. The van der Waals surface area contributed by atoms with Gasteiger partial charge in [0, 0.05) is 12.1 Å². The number of benzene rings is 2. The molecule has 0 bridgehead atoms. The molecule has 0 atom stereocenters. The van der Waals surface area contributed by atoms with Crippen LogP contribution in [0.25, 0.3) is 0 Å². The van der Waals surface area contributed by atoms with E-state index in [2.05, 4.69) is 5.32 Å². The summed E-state index contributed by atoms with van der Waals surface area (Å²) in [6, 6.07) is 11.9. The Kier molecular flexibility index (Phi) is 4.66. The van der Waals surface area contributed by atoms with Gasteiger partial charge in [0.25, 0.3) is 5.91 Å². The van der Waals surface area contributed by atoms with Crippen molar-refractivity contribution >= 4 is 5.91 Å². The van der Waals surface area contributed by atoms with Crippen molar-refractivity contribution in [2.45, 2.75) is 6.54 Å². The first kappa shape index (κ1) is 14.7. The van der Waals surface area contributed by atoms with Crippen LogP contribution in [0.1, 0.15) is 15.9 Å². The number of carbonyl (C=O) groups is 1. The molecule has 5 nitrogen and oxygen atoms in total. The van der Waals surface area contributed by atoms with Crippen LogP contribution in [0.3, 0.4) is 0 Å². The first-order valence-corrected chi connectivity index (χ1v) is 6.42. The number of aromatic hydroxyl groups is 1. The highest BCUT2D eigenvalue weighted by atomic mass is 16.5. The summed E-state index contributed by atoms with van der Waals surface area (Å²) in [6.45, 7) is 0.228. The van der Waals surface area contributed by atoms with E-state index in [1.165, 1.54) is 14.2 Å². The second-order valence-corrected chi connectivity index (χ2v) is 4.38. The first-order valence-electron chi connectivity index (χ1n) is 6.42. The summed E-state index contributed by atoms with van der Waals surface area (Å²) in [5, 5.41) is 12.4. The molecule has 21 heavy (non-hydrogen) atoms. The lowest BCUT2D eigenvalue weighted by molar-refractivity contribution is 0.0947. The number of hydrogen-bond donors (Lipinski definition) is 2. The molecular weight excluding hydrogens is 270 g/mol. The average Bonchev–Trinajstić information content (AvgIpc) is 2.53. The van der Waals surface area contributed by atoms with Crippen molar-refractivity contribution in [1.82, 2.24) is 5.32 Å². The maximum Gasteiger partial charge on any atom is 0.255 e. The van der Waals surface area contributed by atoms with E-state index in [1.807, 2.05) is 0 Å². The van der Waals surface area contributed by atoms with Crippen molar-refractivity contribution in [3.8, 4) is 17.2 Å². The van der Waals surface area contributed by atoms with Crippen LogP contribution in [0.15, 0.2) is 42.5 Å². The van der Waals surface area contributed by atoms with Gasteiger partial charge in [-0.15, -0.1) is 0 Å². The van der Waals surface area contributed by atoms with Crippen LogP contribution in [-0.2, 0) is 6.54 Å². The number of carbonyl (C=O) groups excluding carboxylic acids is 1. The van der Waals surface area contributed by atoms with Gasteiger partial charge < -0.3 is 19.9 Å². The molecule has 0 saturated carbocycles.